The molecule has 2 atom stereocenters. The molecule has 1 aliphatic heterocycles. The largest absolute Gasteiger partial charge is 0.456 e. The minimum Gasteiger partial charge on any atom is -0.456 e. The first kappa shape index (κ1) is 20.4. The summed E-state index contributed by atoms with van der Waals surface area (Å²) in [6.45, 7) is 5.82. The lowest BCUT2D eigenvalue weighted by Gasteiger charge is -2.36. The normalized spacial score (nSPS) is 21.1. The minimum absolute atomic E-state index is 0.112. The predicted octanol–water partition coefficient (Wildman–Crippen LogP) is 2.15. The van der Waals surface area contributed by atoms with Gasteiger partial charge < -0.3 is 18.9 Å². The summed E-state index contributed by atoms with van der Waals surface area (Å²) in [5.74, 6) is -1.18. The second kappa shape index (κ2) is 11.0. The van der Waals surface area contributed by atoms with Crippen LogP contribution in [0, 0.1) is 0 Å². The maximum atomic E-state index is 11.9. The Balaban J connectivity index is 2.80. The van der Waals surface area contributed by atoms with Gasteiger partial charge in [-0.3, -0.25) is 14.4 Å². The summed E-state index contributed by atoms with van der Waals surface area (Å²) in [6.07, 6.45) is 0.378. The molecular formula is C17H28O7. The molecule has 0 spiro atoms. The van der Waals surface area contributed by atoms with Crippen molar-refractivity contribution in [2.75, 3.05) is 13.2 Å². The number of esters is 3. The molecule has 0 saturated carbocycles. The molecule has 0 amide bonds. The molecule has 1 fully saturated rings. The van der Waals surface area contributed by atoms with Crippen LogP contribution in [-0.4, -0.2) is 49.4 Å². The van der Waals surface area contributed by atoms with Gasteiger partial charge in [0.05, 0.1) is 13.2 Å². The van der Waals surface area contributed by atoms with Gasteiger partial charge in [0, 0.05) is 19.3 Å². The maximum absolute atomic E-state index is 11.9. The Bertz CT molecular complexity index is 393. The van der Waals surface area contributed by atoms with Gasteiger partial charge in [-0.1, -0.05) is 20.8 Å². The molecule has 0 aromatic rings. The van der Waals surface area contributed by atoms with Crippen LogP contribution in [0.3, 0.4) is 0 Å². The van der Waals surface area contributed by atoms with E-state index in [1.54, 1.807) is 0 Å². The maximum Gasteiger partial charge on any atom is 0.306 e. The van der Waals surface area contributed by atoms with Crippen molar-refractivity contribution in [3.8, 4) is 0 Å². The standard InChI is InChI=1S/C17H28O7/c1-4-7-14(18)22-12-10-21-11-13(23-15(19)8-5-2)17(12)24-16(20)9-6-3/h12-13,17H,4-11H2,1-3H3/t12-,13-/m1/s1. The van der Waals surface area contributed by atoms with Crippen molar-refractivity contribution in [2.45, 2.75) is 77.6 Å². The van der Waals surface area contributed by atoms with Gasteiger partial charge in [0.25, 0.3) is 0 Å². The third kappa shape index (κ3) is 6.86. The van der Waals surface area contributed by atoms with Gasteiger partial charge in [0.2, 0.25) is 0 Å². The van der Waals surface area contributed by atoms with E-state index in [1.807, 2.05) is 20.8 Å². The summed E-state index contributed by atoms with van der Waals surface area (Å²) >= 11 is 0. The zero-order valence-corrected chi connectivity index (χ0v) is 14.7. The molecule has 0 radical (unpaired) electrons. The average Bonchev–Trinajstić information content (AvgIpc) is 2.51. The second-order valence-electron chi connectivity index (χ2n) is 5.80. The fraction of sp³-hybridized carbons (Fsp3) is 0.824. The Hall–Kier alpha value is -1.63. The van der Waals surface area contributed by atoms with E-state index in [1.165, 1.54) is 0 Å². The molecule has 0 unspecified atom stereocenters. The van der Waals surface area contributed by atoms with Gasteiger partial charge in [0.1, 0.15) is 0 Å². The van der Waals surface area contributed by atoms with Crippen molar-refractivity contribution < 1.29 is 33.3 Å². The number of ether oxygens (including phenoxy) is 4. The van der Waals surface area contributed by atoms with Crippen LogP contribution in [0.1, 0.15) is 59.3 Å². The molecule has 0 N–H and O–H groups in total. The first-order valence-electron chi connectivity index (χ1n) is 8.67. The van der Waals surface area contributed by atoms with Gasteiger partial charge in [-0.05, 0) is 19.3 Å². The van der Waals surface area contributed by atoms with Crippen molar-refractivity contribution in [1.82, 2.24) is 0 Å². The summed E-state index contributed by atoms with van der Waals surface area (Å²) in [4.78, 5) is 35.4. The molecule has 7 heteroatoms. The van der Waals surface area contributed by atoms with Crippen molar-refractivity contribution >= 4 is 17.9 Å². The molecular weight excluding hydrogens is 316 g/mol. The molecule has 1 heterocycles. The van der Waals surface area contributed by atoms with Gasteiger partial charge in [-0.15, -0.1) is 0 Å². The summed E-state index contributed by atoms with van der Waals surface area (Å²) in [5.41, 5.74) is 0. The molecule has 0 aromatic carbocycles. The fourth-order valence-electron chi connectivity index (χ4n) is 2.36. The van der Waals surface area contributed by atoms with E-state index in [2.05, 4.69) is 0 Å². The Morgan fingerprint density at radius 1 is 0.750 bits per heavy atom. The summed E-state index contributed by atoms with van der Waals surface area (Å²) in [7, 11) is 0. The van der Waals surface area contributed by atoms with E-state index >= 15 is 0 Å². The topological polar surface area (TPSA) is 88.1 Å². The highest BCUT2D eigenvalue weighted by atomic mass is 16.6. The minimum atomic E-state index is -0.834. The first-order chi connectivity index (χ1) is 11.5. The van der Waals surface area contributed by atoms with Gasteiger partial charge in [-0.25, -0.2) is 0 Å². The lowest BCUT2D eigenvalue weighted by atomic mass is 10.1. The highest BCUT2D eigenvalue weighted by molar-refractivity contribution is 5.71. The van der Waals surface area contributed by atoms with E-state index in [0.29, 0.717) is 19.3 Å². The molecule has 1 saturated heterocycles. The molecule has 0 bridgehead atoms. The second-order valence-corrected chi connectivity index (χ2v) is 5.80. The van der Waals surface area contributed by atoms with E-state index < -0.39 is 24.3 Å². The molecule has 24 heavy (non-hydrogen) atoms. The van der Waals surface area contributed by atoms with Crippen LogP contribution in [-0.2, 0) is 33.3 Å². The number of hydrogen-bond acceptors (Lipinski definition) is 7. The van der Waals surface area contributed by atoms with Crippen LogP contribution in [0.25, 0.3) is 0 Å². The van der Waals surface area contributed by atoms with E-state index in [4.69, 9.17) is 18.9 Å². The third-order valence-corrected chi connectivity index (χ3v) is 3.49. The van der Waals surface area contributed by atoms with Crippen molar-refractivity contribution in [3.05, 3.63) is 0 Å². The van der Waals surface area contributed by atoms with Crippen molar-refractivity contribution in [1.29, 1.82) is 0 Å². The molecule has 0 aliphatic carbocycles. The van der Waals surface area contributed by atoms with Crippen LogP contribution in [0.4, 0.5) is 0 Å². The van der Waals surface area contributed by atoms with Crippen molar-refractivity contribution in [2.24, 2.45) is 0 Å². The Labute approximate surface area is 143 Å². The smallest absolute Gasteiger partial charge is 0.306 e. The van der Waals surface area contributed by atoms with Crippen LogP contribution >= 0.6 is 0 Å². The Morgan fingerprint density at radius 2 is 1.12 bits per heavy atom. The molecule has 138 valence electrons. The average molecular weight is 344 g/mol. The summed E-state index contributed by atoms with van der Waals surface area (Å²) in [5, 5.41) is 0. The lowest BCUT2D eigenvalue weighted by Crippen LogP contribution is -2.53. The molecule has 1 rings (SSSR count). The Kier molecular flexibility index (Phi) is 9.37. The highest BCUT2D eigenvalue weighted by Crippen LogP contribution is 2.21. The molecule has 0 aromatic heterocycles. The van der Waals surface area contributed by atoms with Crippen molar-refractivity contribution in [3.63, 3.8) is 0 Å². The summed E-state index contributed by atoms with van der Waals surface area (Å²) in [6, 6.07) is 0. The van der Waals surface area contributed by atoms with Crippen LogP contribution in [0.5, 0.6) is 0 Å². The van der Waals surface area contributed by atoms with Gasteiger partial charge in [-0.2, -0.15) is 0 Å². The van der Waals surface area contributed by atoms with Gasteiger partial charge >= 0.3 is 17.9 Å². The number of carbonyl (C=O) groups is 3. The molecule has 7 nitrogen and oxygen atoms in total. The monoisotopic (exact) mass is 344 g/mol. The summed E-state index contributed by atoms with van der Waals surface area (Å²) < 4.78 is 21.5. The first-order valence-corrected chi connectivity index (χ1v) is 8.67. The third-order valence-electron chi connectivity index (χ3n) is 3.49. The van der Waals surface area contributed by atoms with E-state index in [9.17, 15) is 14.4 Å². The zero-order chi connectivity index (χ0) is 17.9. The van der Waals surface area contributed by atoms with Gasteiger partial charge in [0.15, 0.2) is 18.3 Å². The quantitative estimate of drug-likeness (QED) is 0.468. The van der Waals surface area contributed by atoms with Crippen LogP contribution < -0.4 is 0 Å². The van der Waals surface area contributed by atoms with Crippen LogP contribution in [0.15, 0.2) is 0 Å². The zero-order valence-electron chi connectivity index (χ0n) is 14.7. The SMILES string of the molecule is CCCC(=O)OC1[C@H](OC(=O)CCC)COC[C@H]1OC(=O)CCC. The molecule has 1 aliphatic rings. The Morgan fingerprint density at radius 3 is 1.50 bits per heavy atom. The number of rotatable bonds is 9. The number of carbonyl (C=O) groups excluding carboxylic acids is 3. The van der Waals surface area contributed by atoms with E-state index in [0.717, 1.165) is 0 Å². The van der Waals surface area contributed by atoms with Crippen LogP contribution in [0.2, 0.25) is 0 Å². The fourth-order valence-corrected chi connectivity index (χ4v) is 2.36. The predicted molar refractivity (Wildman–Crippen MR) is 85.2 cm³/mol. The van der Waals surface area contributed by atoms with E-state index in [-0.39, 0.29) is 44.4 Å². The number of hydrogen-bond donors (Lipinski definition) is 0. The highest BCUT2D eigenvalue weighted by Gasteiger charge is 2.41. The lowest BCUT2D eigenvalue weighted by molar-refractivity contribution is -0.211.